The van der Waals surface area contributed by atoms with Gasteiger partial charge in [-0.1, -0.05) is 6.07 Å². The summed E-state index contributed by atoms with van der Waals surface area (Å²) < 4.78 is 10.1. The van der Waals surface area contributed by atoms with Crippen LogP contribution in [-0.4, -0.2) is 41.4 Å². The van der Waals surface area contributed by atoms with Crippen molar-refractivity contribution in [2.45, 2.75) is 13.8 Å². The number of benzene rings is 1. The molecule has 3 rings (SSSR count). The maximum Gasteiger partial charge on any atom is 0.348 e. The molecule has 7 nitrogen and oxygen atoms in total. The van der Waals surface area contributed by atoms with Gasteiger partial charge in [-0.3, -0.25) is 0 Å². The number of aryl methyl sites for hydroxylation is 2. The first-order valence-electron chi connectivity index (χ1n) is 7.98. The highest BCUT2D eigenvalue weighted by Crippen LogP contribution is 2.36. The fourth-order valence-electron chi connectivity index (χ4n) is 2.52. The monoisotopic (exact) mass is 373 g/mol. The summed E-state index contributed by atoms with van der Waals surface area (Å²) in [6.45, 7) is 4.30. The maximum absolute atomic E-state index is 12.3. The van der Waals surface area contributed by atoms with Gasteiger partial charge < -0.3 is 19.9 Å². The zero-order chi connectivity index (χ0) is 18.7. The molecule has 8 heteroatoms. The second kappa shape index (κ2) is 7.67. The van der Waals surface area contributed by atoms with Gasteiger partial charge in [0.15, 0.2) is 0 Å². The third-order valence-corrected chi connectivity index (χ3v) is 5.02. The molecular weight excluding hydrogens is 354 g/mol. The van der Waals surface area contributed by atoms with Gasteiger partial charge >= 0.3 is 5.97 Å². The van der Waals surface area contributed by atoms with Crippen molar-refractivity contribution in [2.24, 2.45) is 0 Å². The number of anilines is 2. The van der Waals surface area contributed by atoms with Crippen molar-refractivity contribution in [3.8, 4) is 5.75 Å². The van der Waals surface area contributed by atoms with Crippen molar-refractivity contribution in [1.82, 2.24) is 9.97 Å². The number of phenolic OH excluding ortho intramolecular Hbond substituents is 1. The van der Waals surface area contributed by atoms with E-state index in [1.54, 1.807) is 13.2 Å². The van der Waals surface area contributed by atoms with E-state index in [2.05, 4.69) is 15.3 Å². The molecule has 0 amide bonds. The van der Waals surface area contributed by atoms with Crippen molar-refractivity contribution < 1.29 is 19.4 Å². The molecule has 0 saturated heterocycles. The third kappa shape index (κ3) is 3.61. The van der Waals surface area contributed by atoms with Crippen molar-refractivity contribution in [3.05, 3.63) is 40.5 Å². The quantitative estimate of drug-likeness (QED) is 0.388. The Labute approximate surface area is 154 Å². The Morgan fingerprint density at radius 2 is 2.08 bits per heavy atom. The van der Waals surface area contributed by atoms with Crippen LogP contribution in [0.2, 0.25) is 0 Å². The van der Waals surface area contributed by atoms with Crippen molar-refractivity contribution >= 4 is 39.0 Å². The number of methoxy groups -OCH3 is 1. The van der Waals surface area contributed by atoms with Crippen LogP contribution in [0.1, 0.15) is 20.8 Å². The fourth-order valence-corrected chi connectivity index (χ4v) is 3.56. The molecular formula is C18H19N3O4S. The molecule has 2 N–H and O–H groups in total. The summed E-state index contributed by atoms with van der Waals surface area (Å²) in [5.41, 5.74) is 2.28. The van der Waals surface area contributed by atoms with Gasteiger partial charge in [0, 0.05) is 7.11 Å². The normalized spacial score (nSPS) is 10.9. The number of aromatic hydroxyl groups is 1. The van der Waals surface area contributed by atoms with Crippen molar-refractivity contribution in [2.75, 3.05) is 25.6 Å². The number of aromatic nitrogens is 2. The molecule has 0 aliphatic carbocycles. The predicted molar refractivity (Wildman–Crippen MR) is 100 cm³/mol. The molecule has 0 atom stereocenters. The smallest absolute Gasteiger partial charge is 0.348 e. The first kappa shape index (κ1) is 18.1. The minimum atomic E-state index is -0.410. The largest absolute Gasteiger partial charge is 0.506 e. The molecule has 0 unspecified atom stereocenters. The van der Waals surface area contributed by atoms with Gasteiger partial charge in [0.05, 0.1) is 17.7 Å². The average molecular weight is 373 g/mol. The van der Waals surface area contributed by atoms with Gasteiger partial charge in [-0.2, -0.15) is 0 Å². The first-order valence-corrected chi connectivity index (χ1v) is 8.79. The molecule has 26 heavy (non-hydrogen) atoms. The molecule has 136 valence electrons. The molecule has 0 radical (unpaired) electrons. The van der Waals surface area contributed by atoms with E-state index in [1.165, 1.54) is 17.7 Å². The molecule has 2 aromatic heterocycles. The lowest BCUT2D eigenvalue weighted by atomic mass is 10.2. The number of ether oxygens (including phenoxy) is 2. The number of thiophene rings is 1. The summed E-state index contributed by atoms with van der Waals surface area (Å²) >= 11 is 1.25. The number of esters is 1. The van der Waals surface area contributed by atoms with Crippen LogP contribution in [0.15, 0.2) is 24.5 Å². The second-order valence-corrected chi connectivity index (χ2v) is 6.73. The zero-order valence-corrected chi connectivity index (χ0v) is 15.5. The Morgan fingerprint density at radius 1 is 1.27 bits per heavy atom. The number of rotatable bonds is 6. The van der Waals surface area contributed by atoms with E-state index in [4.69, 9.17) is 9.47 Å². The van der Waals surface area contributed by atoms with Crippen LogP contribution in [-0.2, 0) is 9.47 Å². The topological polar surface area (TPSA) is 93.6 Å². The highest BCUT2D eigenvalue weighted by molar-refractivity contribution is 7.20. The van der Waals surface area contributed by atoms with Gasteiger partial charge in [-0.15, -0.1) is 11.3 Å². The lowest BCUT2D eigenvalue weighted by Gasteiger charge is -2.10. The molecule has 0 bridgehead atoms. The summed E-state index contributed by atoms with van der Waals surface area (Å²) in [6, 6.07) is 5.26. The molecule has 1 aromatic carbocycles. The molecule has 0 saturated carbocycles. The standard InChI is InChI=1S/C18H19N3O4S/c1-10-4-5-13(22)12(8-10)21-16-14-11(2)15(18(23)25-7-6-24-3)26-17(14)20-9-19-16/h4-5,8-9,22H,6-7H2,1-3H3,(H,19,20,21). The number of carbonyl (C=O) groups excluding carboxylic acids is 1. The number of hydrogen-bond acceptors (Lipinski definition) is 8. The van der Waals surface area contributed by atoms with Crippen molar-refractivity contribution in [3.63, 3.8) is 0 Å². The molecule has 3 aromatic rings. The molecule has 0 spiro atoms. The van der Waals surface area contributed by atoms with Crippen LogP contribution in [0.5, 0.6) is 5.75 Å². The van der Waals surface area contributed by atoms with Gasteiger partial charge in [0.2, 0.25) is 0 Å². The summed E-state index contributed by atoms with van der Waals surface area (Å²) in [5, 5.41) is 13.9. The summed E-state index contributed by atoms with van der Waals surface area (Å²) in [4.78, 5) is 22.0. The van der Waals surface area contributed by atoms with Gasteiger partial charge in [-0.25, -0.2) is 14.8 Å². The molecule has 2 heterocycles. The molecule has 0 aliphatic heterocycles. The summed E-state index contributed by atoms with van der Waals surface area (Å²) in [7, 11) is 1.55. The third-order valence-electron chi connectivity index (χ3n) is 3.84. The van der Waals surface area contributed by atoms with Crippen LogP contribution < -0.4 is 5.32 Å². The predicted octanol–water partition coefficient (Wildman–Crippen LogP) is 3.56. The zero-order valence-electron chi connectivity index (χ0n) is 14.7. The van der Waals surface area contributed by atoms with E-state index in [0.717, 1.165) is 16.5 Å². The van der Waals surface area contributed by atoms with E-state index >= 15 is 0 Å². The van der Waals surface area contributed by atoms with Crippen molar-refractivity contribution in [1.29, 1.82) is 0 Å². The molecule has 0 aliphatic rings. The van der Waals surface area contributed by atoms with E-state index in [-0.39, 0.29) is 12.4 Å². The Kier molecular flexibility index (Phi) is 5.34. The highest BCUT2D eigenvalue weighted by Gasteiger charge is 2.20. The van der Waals surface area contributed by atoms with E-state index < -0.39 is 5.97 Å². The SMILES string of the molecule is COCCOC(=O)c1sc2ncnc(Nc3cc(C)ccc3O)c2c1C. The van der Waals surface area contributed by atoms with Crippen LogP contribution in [0.4, 0.5) is 11.5 Å². The number of fused-ring (bicyclic) bond motifs is 1. The second-order valence-electron chi connectivity index (χ2n) is 5.73. The fraction of sp³-hybridized carbons (Fsp3) is 0.278. The minimum Gasteiger partial charge on any atom is -0.506 e. The Bertz CT molecular complexity index is 955. The Balaban J connectivity index is 1.97. The summed E-state index contributed by atoms with van der Waals surface area (Å²) in [6.07, 6.45) is 1.42. The lowest BCUT2D eigenvalue weighted by molar-refractivity contribution is 0.0393. The Hall–Kier alpha value is -2.71. The number of hydrogen-bond donors (Lipinski definition) is 2. The number of nitrogens with one attached hydrogen (secondary N) is 1. The van der Waals surface area contributed by atoms with Crippen LogP contribution in [0.3, 0.4) is 0 Å². The Morgan fingerprint density at radius 3 is 2.85 bits per heavy atom. The van der Waals surface area contributed by atoms with E-state index in [1.807, 2.05) is 26.0 Å². The van der Waals surface area contributed by atoms with Crippen LogP contribution >= 0.6 is 11.3 Å². The number of carbonyl (C=O) groups is 1. The maximum atomic E-state index is 12.3. The van der Waals surface area contributed by atoms with Gasteiger partial charge in [0.1, 0.15) is 34.2 Å². The number of phenols is 1. The van der Waals surface area contributed by atoms with Crippen LogP contribution in [0.25, 0.3) is 10.2 Å². The van der Waals surface area contributed by atoms with E-state index in [9.17, 15) is 9.90 Å². The lowest BCUT2D eigenvalue weighted by Crippen LogP contribution is -2.09. The number of nitrogens with zero attached hydrogens (tertiary/aromatic N) is 2. The minimum absolute atomic E-state index is 0.120. The summed E-state index contributed by atoms with van der Waals surface area (Å²) in [5.74, 6) is 0.238. The molecule has 0 fully saturated rings. The van der Waals surface area contributed by atoms with Crippen LogP contribution in [0, 0.1) is 13.8 Å². The average Bonchev–Trinajstić information content (AvgIpc) is 2.96. The van der Waals surface area contributed by atoms with Gasteiger partial charge in [-0.05, 0) is 37.1 Å². The first-order chi connectivity index (χ1) is 12.5. The van der Waals surface area contributed by atoms with E-state index in [0.29, 0.717) is 27.8 Å². The highest BCUT2D eigenvalue weighted by atomic mass is 32.1. The van der Waals surface area contributed by atoms with Gasteiger partial charge in [0.25, 0.3) is 0 Å².